The van der Waals surface area contributed by atoms with Gasteiger partial charge in [-0.2, -0.15) is 5.26 Å². The van der Waals surface area contributed by atoms with Crippen molar-refractivity contribution in [2.45, 2.75) is 70.4 Å². The number of nitriles is 1. The Hall–Kier alpha value is -2.59. The largest absolute Gasteiger partial charge is 0.478 e. The fraction of sp³-hybridized carbons (Fsp3) is 0.522. The third-order valence-electron chi connectivity index (χ3n) is 6.54. The summed E-state index contributed by atoms with van der Waals surface area (Å²) in [4.78, 5) is 26.0. The number of allylic oxidation sites excluding steroid dienone is 1. The molecule has 2 aliphatic rings. The van der Waals surface area contributed by atoms with E-state index in [2.05, 4.69) is 5.32 Å². The van der Waals surface area contributed by atoms with Crippen molar-refractivity contribution in [2.75, 3.05) is 0 Å². The number of nitrogens with zero attached hydrogens (tertiary/aromatic N) is 1. The zero-order chi connectivity index (χ0) is 22.8. The van der Waals surface area contributed by atoms with Gasteiger partial charge in [-0.3, -0.25) is 4.79 Å². The van der Waals surface area contributed by atoms with Crippen LogP contribution in [-0.4, -0.2) is 29.2 Å². The molecular formula is C23H26ClFN2O4. The number of carbonyl (C=O) groups excluding carboxylic acids is 1. The molecule has 0 bridgehead atoms. The van der Waals surface area contributed by atoms with Gasteiger partial charge in [0.05, 0.1) is 11.6 Å². The first-order chi connectivity index (χ1) is 14.7. The first-order valence-corrected chi connectivity index (χ1v) is 10.8. The van der Waals surface area contributed by atoms with Crippen molar-refractivity contribution in [1.29, 1.82) is 5.26 Å². The van der Waals surface area contributed by atoms with E-state index in [9.17, 15) is 20.0 Å². The second-order valence-corrected chi connectivity index (χ2v) is 8.70. The van der Waals surface area contributed by atoms with E-state index in [0.717, 1.165) is 25.7 Å². The van der Waals surface area contributed by atoms with Crippen LogP contribution in [0.1, 0.15) is 63.9 Å². The molecule has 8 heteroatoms. The summed E-state index contributed by atoms with van der Waals surface area (Å²) in [7, 11) is 0. The SMILES string of the molecule is CC1=C(C(=O)O)C(c2c(F)cccc2Cl)C(CCC#N)(C(=O)OC2CCCC2)C(C)N1. The second-order valence-electron chi connectivity index (χ2n) is 8.29. The van der Waals surface area contributed by atoms with E-state index in [-0.39, 0.29) is 35.1 Å². The molecule has 0 radical (unpaired) electrons. The van der Waals surface area contributed by atoms with Crippen LogP contribution in [0.4, 0.5) is 4.39 Å². The molecule has 31 heavy (non-hydrogen) atoms. The predicted molar refractivity (Wildman–Crippen MR) is 113 cm³/mol. The molecule has 166 valence electrons. The van der Waals surface area contributed by atoms with E-state index >= 15 is 4.39 Å². The number of halogens is 2. The molecule has 3 atom stereocenters. The highest BCUT2D eigenvalue weighted by atomic mass is 35.5. The van der Waals surface area contributed by atoms with Gasteiger partial charge in [0.1, 0.15) is 17.3 Å². The molecule has 1 aliphatic heterocycles. The first kappa shape index (κ1) is 23.1. The van der Waals surface area contributed by atoms with Crippen LogP contribution in [0.3, 0.4) is 0 Å². The number of aliphatic carboxylic acids is 1. The molecule has 1 aromatic carbocycles. The maximum atomic E-state index is 15.1. The molecule has 3 unspecified atom stereocenters. The van der Waals surface area contributed by atoms with Gasteiger partial charge in [0.15, 0.2) is 0 Å². The lowest BCUT2D eigenvalue weighted by Crippen LogP contribution is -2.57. The Kier molecular flexibility index (Phi) is 6.90. The number of benzene rings is 1. The van der Waals surface area contributed by atoms with Crippen molar-refractivity contribution in [3.8, 4) is 6.07 Å². The van der Waals surface area contributed by atoms with E-state index < -0.39 is 35.1 Å². The smallest absolute Gasteiger partial charge is 0.333 e. The van der Waals surface area contributed by atoms with Gasteiger partial charge < -0.3 is 15.2 Å². The van der Waals surface area contributed by atoms with Gasteiger partial charge >= 0.3 is 11.9 Å². The van der Waals surface area contributed by atoms with Crippen molar-refractivity contribution in [3.63, 3.8) is 0 Å². The summed E-state index contributed by atoms with van der Waals surface area (Å²) in [6, 6.07) is 5.52. The highest BCUT2D eigenvalue weighted by Crippen LogP contribution is 2.53. The van der Waals surface area contributed by atoms with Gasteiger partial charge in [0, 0.05) is 34.7 Å². The van der Waals surface area contributed by atoms with Crippen LogP contribution < -0.4 is 5.32 Å². The van der Waals surface area contributed by atoms with Crippen molar-refractivity contribution in [3.05, 3.63) is 45.9 Å². The van der Waals surface area contributed by atoms with Crippen molar-refractivity contribution < 1.29 is 23.8 Å². The van der Waals surface area contributed by atoms with Gasteiger partial charge in [-0.15, -0.1) is 0 Å². The number of ether oxygens (including phenoxy) is 1. The van der Waals surface area contributed by atoms with Gasteiger partial charge in [0.25, 0.3) is 0 Å². The summed E-state index contributed by atoms with van der Waals surface area (Å²) < 4.78 is 21.0. The molecule has 6 nitrogen and oxygen atoms in total. The summed E-state index contributed by atoms with van der Waals surface area (Å²) in [5.41, 5.74) is -1.40. The number of nitrogens with one attached hydrogen (secondary N) is 1. The lowest BCUT2D eigenvalue weighted by Gasteiger charge is -2.48. The number of carboxylic acid groups (broad SMARTS) is 1. The predicted octanol–water partition coefficient (Wildman–Crippen LogP) is 4.69. The van der Waals surface area contributed by atoms with Gasteiger partial charge in [0.2, 0.25) is 0 Å². The molecule has 1 heterocycles. The Balaban J connectivity index is 2.26. The quantitative estimate of drug-likeness (QED) is 0.612. The van der Waals surface area contributed by atoms with Crippen LogP contribution in [0.5, 0.6) is 0 Å². The highest BCUT2D eigenvalue weighted by molar-refractivity contribution is 6.31. The topological polar surface area (TPSA) is 99.4 Å². The fourth-order valence-electron chi connectivity index (χ4n) is 5.02. The van der Waals surface area contributed by atoms with Crippen LogP contribution in [0.2, 0.25) is 5.02 Å². The number of hydrogen-bond donors (Lipinski definition) is 2. The lowest BCUT2D eigenvalue weighted by molar-refractivity contribution is -0.165. The van der Waals surface area contributed by atoms with Crippen molar-refractivity contribution in [2.24, 2.45) is 5.41 Å². The van der Waals surface area contributed by atoms with Crippen LogP contribution in [0.25, 0.3) is 0 Å². The molecule has 0 amide bonds. The van der Waals surface area contributed by atoms with E-state index in [1.165, 1.54) is 18.2 Å². The minimum absolute atomic E-state index is 0.00259. The molecular weight excluding hydrogens is 423 g/mol. The third kappa shape index (κ3) is 4.14. The Morgan fingerprint density at radius 3 is 2.65 bits per heavy atom. The number of hydrogen-bond acceptors (Lipinski definition) is 5. The van der Waals surface area contributed by atoms with Crippen LogP contribution in [0, 0.1) is 22.6 Å². The second kappa shape index (κ2) is 9.27. The lowest BCUT2D eigenvalue weighted by atomic mass is 9.60. The number of rotatable bonds is 6. The zero-order valence-corrected chi connectivity index (χ0v) is 18.3. The number of carbonyl (C=O) groups is 2. The summed E-state index contributed by atoms with van der Waals surface area (Å²) in [5.74, 6) is -3.81. The minimum Gasteiger partial charge on any atom is -0.478 e. The first-order valence-electron chi connectivity index (χ1n) is 10.5. The number of esters is 1. The molecule has 1 aromatic rings. The highest BCUT2D eigenvalue weighted by Gasteiger charge is 2.58. The summed E-state index contributed by atoms with van der Waals surface area (Å²) >= 11 is 6.37. The molecule has 1 saturated carbocycles. The summed E-state index contributed by atoms with van der Waals surface area (Å²) in [6.45, 7) is 3.31. The average molecular weight is 449 g/mol. The van der Waals surface area contributed by atoms with E-state index in [0.29, 0.717) is 5.70 Å². The Bertz CT molecular complexity index is 931. The molecule has 1 aliphatic carbocycles. The van der Waals surface area contributed by atoms with Crippen molar-refractivity contribution in [1.82, 2.24) is 5.32 Å². The Morgan fingerprint density at radius 1 is 1.39 bits per heavy atom. The third-order valence-corrected chi connectivity index (χ3v) is 6.87. The zero-order valence-electron chi connectivity index (χ0n) is 17.6. The Morgan fingerprint density at radius 2 is 2.06 bits per heavy atom. The van der Waals surface area contributed by atoms with Gasteiger partial charge in [-0.25, -0.2) is 9.18 Å². The molecule has 0 spiro atoms. The monoisotopic (exact) mass is 448 g/mol. The summed E-state index contributed by atoms with van der Waals surface area (Å²) in [6.07, 6.45) is 3.05. The fourth-order valence-corrected chi connectivity index (χ4v) is 5.29. The summed E-state index contributed by atoms with van der Waals surface area (Å²) in [5, 5.41) is 22.5. The van der Waals surface area contributed by atoms with Crippen LogP contribution >= 0.6 is 11.6 Å². The average Bonchev–Trinajstić information content (AvgIpc) is 3.20. The van der Waals surface area contributed by atoms with E-state index in [1.807, 2.05) is 6.07 Å². The van der Waals surface area contributed by atoms with Gasteiger partial charge in [-0.1, -0.05) is 17.7 Å². The van der Waals surface area contributed by atoms with E-state index in [4.69, 9.17) is 16.3 Å². The molecule has 3 rings (SSSR count). The standard InChI is InChI=1S/C23H26ClFN2O4/c1-13-18(21(28)29)20(19-16(24)9-5-10-17(19)25)23(11-6-12-26,14(2)27-13)22(30)31-15-7-3-4-8-15/h5,9-10,14-15,20,27H,3-4,6-8,11H2,1-2H3,(H,28,29). The maximum Gasteiger partial charge on any atom is 0.333 e. The van der Waals surface area contributed by atoms with E-state index in [1.54, 1.807) is 13.8 Å². The number of carboxylic acids is 1. The minimum atomic E-state index is -1.52. The van der Waals surface area contributed by atoms with Crippen LogP contribution in [-0.2, 0) is 14.3 Å². The maximum absolute atomic E-state index is 15.1. The molecule has 0 aromatic heterocycles. The molecule has 2 N–H and O–H groups in total. The van der Waals surface area contributed by atoms with Crippen LogP contribution in [0.15, 0.2) is 29.5 Å². The Labute approximate surface area is 186 Å². The van der Waals surface area contributed by atoms with Gasteiger partial charge in [-0.05, 0) is 58.1 Å². The molecule has 0 saturated heterocycles. The normalized spacial score (nSPS) is 26.3. The van der Waals surface area contributed by atoms with Crippen molar-refractivity contribution >= 4 is 23.5 Å². The molecule has 1 fully saturated rings.